The number of carbonyl (C=O) groups is 1. The van der Waals surface area contributed by atoms with Gasteiger partial charge in [0.05, 0.1) is 18.6 Å². The number of aliphatic carboxylic acids is 1. The third kappa shape index (κ3) is 2.34. The van der Waals surface area contributed by atoms with E-state index in [-0.39, 0.29) is 11.5 Å². The summed E-state index contributed by atoms with van der Waals surface area (Å²) in [7, 11) is 0. The first kappa shape index (κ1) is 14.2. The second-order valence-electron chi connectivity index (χ2n) is 5.75. The van der Waals surface area contributed by atoms with Crippen molar-refractivity contribution >= 4 is 5.97 Å². The van der Waals surface area contributed by atoms with E-state index in [0.717, 1.165) is 19.3 Å². The standard InChI is InChI=1S/C16H19FO4/c17-12-6-5-11(13-14(12)21-10-4-9-20-13)16(15(18)19)7-2-1-3-8-16/h5-6H,1-4,7-10H2,(H,18,19). The molecule has 0 saturated heterocycles. The molecule has 1 aromatic carbocycles. The van der Waals surface area contributed by atoms with Crippen LogP contribution in [0.25, 0.3) is 0 Å². The Bertz CT molecular complexity index is 549. The average Bonchev–Trinajstić information content (AvgIpc) is 2.74. The molecule has 1 fully saturated rings. The fourth-order valence-electron chi connectivity index (χ4n) is 3.35. The van der Waals surface area contributed by atoms with Gasteiger partial charge in [0.2, 0.25) is 0 Å². The number of hydrogen-bond acceptors (Lipinski definition) is 3. The number of rotatable bonds is 2. The highest BCUT2D eigenvalue weighted by Gasteiger charge is 2.44. The van der Waals surface area contributed by atoms with E-state index in [0.29, 0.717) is 38.0 Å². The van der Waals surface area contributed by atoms with Crippen molar-refractivity contribution in [1.82, 2.24) is 0 Å². The van der Waals surface area contributed by atoms with E-state index in [9.17, 15) is 14.3 Å². The number of benzene rings is 1. The first-order valence-electron chi connectivity index (χ1n) is 7.47. The summed E-state index contributed by atoms with van der Waals surface area (Å²) < 4.78 is 25.1. The van der Waals surface area contributed by atoms with Crippen LogP contribution in [0.5, 0.6) is 11.5 Å². The number of ether oxygens (including phenoxy) is 2. The Balaban J connectivity index is 2.14. The van der Waals surface area contributed by atoms with Crippen LogP contribution >= 0.6 is 0 Å². The smallest absolute Gasteiger partial charge is 0.314 e. The Morgan fingerprint density at radius 2 is 1.71 bits per heavy atom. The van der Waals surface area contributed by atoms with E-state index < -0.39 is 17.2 Å². The number of halogens is 1. The third-order valence-corrected chi connectivity index (χ3v) is 4.48. The van der Waals surface area contributed by atoms with E-state index >= 15 is 0 Å². The summed E-state index contributed by atoms with van der Waals surface area (Å²) in [4.78, 5) is 11.9. The Labute approximate surface area is 122 Å². The quantitative estimate of drug-likeness (QED) is 0.909. The van der Waals surface area contributed by atoms with E-state index in [1.54, 1.807) is 6.07 Å². The molecule has 3 rings (SSSR count). The van der Waals surface area contributed by atoms with Gasteiger partial charge in [-0.05, 0) is 18.9 Å². The average molecular weight is 294 g/mol. The van der Waals surface area contributed by atoms with Crippen molar-refractivity contribution < 1.29 is 23.8 Å². The zero-order valence-electron chi connectivity index (χ0n) is 11.9. The third-order valence-electron chi connectivity index (χ3n) is 4.48. The van der Waals surface area contributed by atoms with Gasteiger partial charge in [0.1, 0.15) is 0 Å². The molecule has 0 amide bonds. The van der Waals surface area contributed by atoms with Crippen LogP contribution in [-0.2, 0) is 10.2 Å². The van der Waals surface area contributed by atoms with E-state index in [2.05, 4.69) is 0 Å². The maximum atomic E-state index is 14.0. The van der Waals surface area contributed by atoms with Crippen LogP contribution in [0.2, 0.25) is 0 Å². The summed E-state index contributed by atoms with van der Waals surface area (Å²) in [6, 6.07) is 2.85. The zero-order valence-corrected chi connectivity index (χ0v) is 11.9. The topological polar surface area (TPSA) is 55.8 Å². The molecule has 114 valence electrons. The van der Waals surface area contributed by atoms with Gasteiger partial charge in [0.15, 0.2) is 17.3 Å². The van der Waals surface area contributed by atoms with Crippen LogP contribution in [-0.4, -0.2) is 24.3 Å². The van der Waals surface area contributed by atoms with Crippen molar-refractivity contribution in [3.05, 3.63) is 23.5 Å². The second kappa shape index (κ2) is 5.54. The molecule has 0 bridgehead atoms. The van der Waals surface area contributed by atoms with Gasteiger partial charge in [-0.25, -0.2) is 4.39 Å². The lowest BCUT2D eigenvalue weighted by Crippen LogP contribution is -2.38. The normalized spacial score (nSPS) is 20.6. The molecule has 0 aromatic heterocycles. The minimum atomic E-state index is -0.982. The summed E-state index contributed by atoms with van der Waals surface area (Å²) in [5, 5.41) is 9.79. The fourth-order valence-corrected chi connectivity index (χ4v) is 3.35. The minimum absolute atomic E-state index is 0.0659. The highest BCUT2D eigenvalue weighted by atomic mass is 19.1. The lowest BCUT2D eigenvalue weighted by atomic mass is 9.69. The lowest BCUT2D eigenvalue weighted by molar-refractivity contribution is -0.145. The fraction of sp³-hybridized carbons (Fsp3) is 0.562. The van der Waals surface area contributed by atoms with Gasteiger partial charge in [0.25, 0.3) is 0 Å². The predicted molar refractivity (Wildman–Crippen MR) is 74.4 cm³/mol. The van der Waals surface area contributed by atoms with Gasteiger partial charge in [-0.3, -0.25) is 4.79 Å². The molecular formula is C16H19FO4. The molecule has 5 heteroatoms. The van der Waals surface area contributed by atoms with Gasteiger partial charge in [-0.1, -0.05) is 25.3 Å². The second-order valence-corrected chi connectivity index (χ2v) is 5.75. The van der Waals surface area contributed by atoms with E-state index in [1.807, 2.05) is 0 Å². The first-order valence-corrected chi connectivity index (χ1v) is 7.47. The Kier molecular flexibility index (Phi) is 3.74. The van der Waals surface area contributed by atoms with E-state index in [4.69, 9.17) is 9.47 Å². The molecule has 1 aromatic rings. The summed E-state index contributed by atoms with van der Waals surface area (Å²) in [5.74, 6) is -0.996. The van der Waals surface area contributed by atoms with Crippen molar-refractivity contribution in [2.24, 2.45) is 0 Å². The van der Waals surface area contributed by atoms with Crippen molar-refractivity contribution in [3.63, 3.8) is 0 Å². The van der Waals surface area contributed by atoms with Crippen LogP contribution in [0.1, 0.15) is 44.1 Å². The number of fused-ring (bicyclic) bond motifs is 1. The van der Waals surface area contributed by atoms with Crippen molar-refractivity contribution in [2.75, 3.05) is 13.2 Å². The summed E-state index contributed by atoms with van der Waals surface area (Å²) in [5.41, 5.74) is -0.419. The maximum absolute atomic E-state index is 14.0. The van der Waals surface area contributed by atoms with Gasteiger partial charge < -0.3 is 14.6 Å². The van der Waals surface area contributed by atoms with Gasteiger partial charge in [-0.2, -0.15) is 0 Å². The molecule has 4 nitrogen and oxygen atoms in total. The Hall–Kier alpha value is -1.78. The van der Waals surface area contributed by atoms with Crippen LogP contribution in [0, 0.1) is 5.82 Å². The number of carboxylic acids is 1. The van der Waals surface area contributed by atoms with Gasteiger partial charge >= 0.3 is 5.97 Å². The molecule has 0 unspecified atom stereocenters. The predicted octanol–water partition coefficient (Wildman–Crippen LogP) is 3.27. The summed E-state index contributed by atoms with van der Waals surface area (Å²) in [6.45, 7) is 0.798. The van der Waals surface area contributed by atoms with Crippen molar-refractivity contribution in [1.29, 1.82) is 0 Å². The monoisotopic (exact) mass is 294 g/mol. The Morgan fingerprint density at radius 3 is 2.38 bits per heavy atom. The highest BCUT2D eigenvalue weighted by Crippen LogP contribution is 2.48. The molecule has 0 radical (unpaired) electrons. The zero-order chi connectivity index (χ0) is 14.9. The molecule has 21 heavy (non-hydrogen) atoms. The molecule has 1 heterocycles. The van der Waals surface area contributed by atoms with Crippen molar-refractivity contribution in [3.8, 4) is 11.5 Å². The molecule has 1 aliphatic heterocycles. The number of hydrogen-bond donors (Lipinski definition) is 1. The lowest BCUT2D eigenvalue weighted by Gasteiger charge is -2.34. The minimum Gasteiger partial charge on any atom is -0.489 e. The van der Waals surface area contributed by atoms with Crippen LogP contribution in [0.3, 0.4) is 0 Å². The molecule has 0 atom stereocenters. The van der Waals surface area contributed by atoms with Crippen molar-refractivity contribution in [2.45, 2.75) is 43.9 Å². The molecular weight excluding hydrogens is 275 g/mol. The van der Waals surface area contributed by atoms with Gasteiger partial charge in [0, 0.05) is 12.0 Å². The molecule has 1 aliphatic carbocycles. The SMILES string of the molecule is O=C(O)C1(c2ccc(F)c3c2OCCCO3)CCCCC1. The maximum Gasteiger partial charge on any atom is 0.314 e. The molecule has 0 spiro atoms. The first-order chi connectivity index (χ1) is 10.1. The Morgan fingerprint density at radius 1 is 1.05 bits per heavy atom. The summed E-state index contributed by atoms with van der Waals surface area (Å²) >= 11 is 0. The largest absolute Gasteiger partial charge is 0.489 e. The van der Waals surface area contributed by atoms with Crippen LogP contribution < -0.4 is 9.47 Å². The van der Waals surface area contributed by atoms with Crippen LogP contribution in [0.4, 0.5) is 4.39 Å². The van der Waals surface area contributed by atoms with Gasteiger partial charge in [-0.15, -0.1) is 0 Å². The molecule has 1 N–H and O–H groups in total. The molecule has 1 saturated carbocycles. The van der Waals surface area contributed by atoms with Crippen LogP contribution in [0.15, 0.2) is 12.1 Å². The van der Waals surface area contributed by atoms with E-state index in [1.165, 1.54) is 6.07 Å². The summed E-state index contributed by atoms with van der Waals surface area (Å²) in [6.07, 6.45) is 4.54. The number of carboxylic acid groups (broad SMARTS) is 1. The molecule has 2 aliphatic rings. The highest BCUT2D eigenvalue weighted by molar-refractivity contribution is 5.83.